The summed E-state index contributed by atoms with van der Waals surface area (Å²) in [5.74, 6) is -0.496. The van der Waals surface area contributed by atoms with Crippen molar-refractivity contribution in [3.8, 4) is 0 Å². The van der Waals surface area contributed by atoms with Gasteiger partial charge in [0, 0.05) is 56.4 Å². The number of nitrogens with one attached hydrogen (secondary N) is 3. The molecule has 2 heterocycles. The van der Waals surface area contributed by atoms with Gasteiger partial charge >= 0.3 is 0 Å². The van der Waals surface area contributed by atoms with Gasteiger partial charge in [-0.05, 0) is 75.1 Å². The standard InChI is InChI=1S/C32H44FN5O5/c1-18(13-24-15-29(40)36-43-24)31(41)35-30(32(42)38-12-11-37(4)19(2)17-38)20(3)23-9-10-27(26(33)14-23)34-28(39)16-25(21-5-6-21)22-7-8-22/h9-10,14-15,18-22,25,30H,5-8,11-13,16-17H2,1-4H3,(H,34,39)(H,35,41)(H,36,40). The van der Waals surface area contributed by atoms with Crippen LogP contribution in [0.5, 0.6) is 0 Å². The van der Waals surface area contributed by atoms with Crippen LogP contribution in [-0.2, 0) is 20.8 Å². The third-order valence-corrected chi connectivity index (χ3v) is 9.53. The van der Waals surface area contributed by atoms with E-state index in [0.29, 0.717) is 55.1 Å². The van der Waals surface area contributed by atoms with Gasteiger partial charge < -0.3 is 25.0 Å². The highest BCUT2D eigenvalue weighted by molar-refractivity contribution is 5.91. The molecule has 2 aliphatic carbocycles. The van der Waals surface area contributed by atoms with Crippen molar-refractivity contribution >= 4 is 23.4 Å². The topological polar surface area (TPSA) is 128 Å². The molecule has 1 aliphatic heterocycles. The van der Waals surface area contributed by atoms with Gasteiger partial charge in [0.05, 0.1) is 5.69 Å². The van der Waals surface area contributed by atoms with Gasteiger partial charge in [0.1, 0.15) is 17.6 Å². The van der Waals surface area contributed by atoms with E-state index in [9.17, 15) is 19.2 Å². The van der Waals surface area contributed by atoms with Crippen molar-refractivity contribution in [3.63, 3.8) is 0 Å². The van der Waals surface area contributed by atoms with Crippen molar-refractivity contribution < 1.29 is 23.3 Å². The number of piperazine rings is 1. The summed E-state index contributed by atoms with van der Waals surface area (Å²) in [4.78, 5) is 55.3. The second kappa shape index (κ2) is 13.0. The van der Waals surface area contributed by atoms with Crippen LogP contribution in [0.3, 0.4) is 0 Å². The number of aromatic amines is 1. The second-order valence-electron chi connectivity index (χ2n) is 13.0. The van der Waals surface area contributed by atoms with E-state index < -0.39 is 23.7 Å². The molecule has 3 aliphatic rings. The van der Waals surface area contributed by atoms with Gasteiger partial charge in [-0.3, -0.25) is 19.2 Å². The van der Waals surface area contributed by atoms with E-state index in [4.69, 9.17) is 4.52 Å². The Labute approximate surface area is 251 Å². The molecule has 10 nitrogen and oxygen atoms in total. The van der Waals surface area contributed by atoms with Crippen molar-refractivity contribution in [2.24, 2.45) is 23.7 Å². The summed E-state index contributed by atoms with van der Waals surface area (Å²) in [7, 11) is 2.01. The highest BCUT2D eigenvalue weighted by Crippen LogP contribution is 2.50. The van der Waals surface area contributed by atoms with Crippen molar-refractivity contribution in [2.75, 3.05) is 32.0 Å². The molecule has 43 heavy (non-hydrogen) atoms. The molecular weight excluding hydrogens is 553 g/mol. The average molecular weight is 598 g/mol. The molecule has 0 radical (unpaired) electrons. The number of carbonyl (C=O) groups is 3. The number of carbonyl (C=O) groups excluding carboxylic acids is 3. The van der Waals surface area contributed by atoms with E-state index in [2.05, 4.69) is 20.7 Å². The molecule has 4 unspecified atom stereocenters. The summed E-state index contributed by atoms with van der Waals surface area (Å²) in [6.45, 7) is 7.27. The van der Waals surface area contributed by atoms with Crippen LogP contribution in [0.1, 0.15) is 70.1 Å². The Hall–Kier alpha value is -3.47. The lowest BCUT2D eigenvalue weighted by molar-refractivity contribution is -0.140. The van der Waals surface area contributed by atoms with Crippen LogP contribution < -0.4 is 16.2 Å². The summed E-state index contributed by atoms with van der Waals surface area (Å²) < 4.78 is 20.5. The largest absolute Gasteiger partial charge is 0.384 e. The van der Waals surface area contributed by atoms with Gasteiger partial charge in [-0.2, -0.15) is 5.16 Å². The van der Waals surface area contributed by atoms with Crippen LogP contribution >= 0.6 is 0 Å². The van der Waals surface area contributed by atoms with E-state index in [1.807, 2.05) is 14.0 Å². The minimum Gasteiger partial charge on any atom is -0.384 e. The first-order valence-corrected chi connectivity index (χ1v) is 15.6. The Bertz CT molecular complexity index is 1370. The molecule has 2 aromatic rings. The number of anilines is 1. The molecular formula is C32H44FN5O5. The van der Waals surface area contributed by atoms with E-state index in [1.165, 1.54) is 37.8 Å². The van der Waals surface area contributed by atoms with E-state index >= 15 is 4.39 Å². The number of hydrogen-bond donors (Lipinski definition) is 3. The minimum absolute atomic E-state index is 0.118. The van der Waals surface area contributed by atoms with Crippen LogP contribution in [0.15, 0.2) is 33.6 Å². The lowest BCUT2D eigenvalue weighted by Crippen LogP contribution is -2.58. The predicted octanol–water partition coefficient (Wildman–Crippen LogP) is 3.50. The number of aromatic nitrogens is 1. The molecule has 1 aromatic heterocycles. The molecule has 3 amide bonds. The van der Waals surface area contributed by atoms with E-state index in [0.717, 1.165) is 0 Å². The summed E-state index contributed by atoms with van der Waals surface area (Å²) in [6.07, 6.45) is 5.32. The minimum atomic E-state index is -0.943. The van der Waals surface area contributed by atoms with Gasteiger partial charge in [-0.1, -0.05) is 19.9 Å². The number of likely N-dealkylation sites (N-methyl/N-ethyl adjacent to an activating group) is 1. The van der Waals surface area contributed by atoms with Gasteiger partial charge in [0.15, 0.2) is 0 Å². The van der Waals surface area contributed by atoms with Crippen LogP contribution in [0.4, 0.5) is 10.1 Å². The summed E-state index contributed by atoms with van der Waals surface area (Å²) in [6, 6.07) is 5.10. The monoisotopic (exact) mass is 597 g/mol. The fraction of sp³-hybridized carbons (Fsp3) is 0.625. The van der Waals surface area contributed by atoms with Crippen LogP contribution in [0, 0.1) is 29.5 Å². The Balaban J connectivity index is 1.29. The van der Waals surface area contributed by atoms with Gasteiger partial charge in [0.25, 0.3) is 5.56 Å². The molecule has 11 heteroatoms. The molecule has 1 aromatic carbocycles. The Kier molecular flexibility index (Phi) is 9.39. The summed E-state index contributed by atoms with van der Waals surface area (Å²) in [5, 5.41) is 7.90. The average Bonchev–Trinajstić information content (AvgIpc) is 3.91. The van der Waals surface area contributed by atoms with Gasteiger partial charge in [0.2, 0.25) is 17.7 Å². The number of benzene rings is 1. The third kappa shape index (κ3) is 7.74. The van der Waals surface area contributed by atoms with Crippen LogP contribution in [0.25, 0.3) is 0 Å². The number of H-pyrrole nitrogens is 1. The first-order chi connectivity index (χ1) is 20.5. The lowest BCUT2D eigenvalue weighted by atomic mass is 9.90. The van der Waals surface area contributed by atoms with Crippen LogP contribution in [-0.4, -0.2) is 71.4 Å². The molecule has 3 N–H and O–H groups in total. The zero-order chi connectivity index (χ0) is 30.8. The quantitative estimate of drug-likeness (QED) is 0.344. The lowest BCUT2D eigenvalue weighted by Gasteiger charge is -2.40. The molecule has 4 atom stereocenters. The molecule has 5 rings (SSSR count). The van der Waals surface area contributed by atoms with Crippen molar-refractivity contribution in [3.05, 3.63) is 51.8 Å². The first-order valence-electron chi connectivity index (χ1n) is 15.6. The smallest absolute Gasteiger partial charge is 0.280 e. The molecule has 3 fully saturated rings. The fourth-order valence-corrected chi connectivity index (χ4v) is 6.25. The zero-order valence-corrected chi connectivity index (χ0v) is 25.5. The molecule has 0 bridgehead atoms. The van der Waals surface area contributed by atoms with Crippen molar-refractivity contribution in [1.29, 1.82) is 0 Å². The van der Waals surface area contributed by atoms with Crippen LogP contribution in [0.2, 0.25) is 0 Å². The maximum atomic E-state index is 15.4. The molecule has 0 spiro atoms. The third-order valence-electron chi connectivity index (χ3n) is 9.53. The molecule has 234 valence electrons. The number of halogens is 1. The maximum absolute atomic E-state index is 15.4. The van der Waals surface area contributed by atoms with Crippen molar-refractivity contribution in [2.45, 2.75) is 77.3 Å². The van der Waals surface area contributed by atoms with Gasteiger partial charge in [-0.25, -0.2) is 4.39 Å². The first kappa shape index (κ1) is 31.0. The fourth-order valence-electron chi connectivity index (χ4n) is 6.25. The SMILES string of the molecule is CC(Cc1cc(=O)[nH]o1)C(=O)NC(C(=O)N1CCN(C)C(C)C1)C(C)c1ccc(NC(=O)CC(C2CC2)C2CC2)c(F)c1. The second-order valence-corrected chi connectivity index (χ2v) is 13.0. The van der Waals surface area contributed by atoms with E-state index in [-0.39, 0.29) is 41.4 Å². The normalized spacial score (nSPS) is 21.3. The zero-order valence-electron chi connectivity index (χ0n) is 25.5. The Morgan fingerprint density at radius 1 is 1.09 bits per heavy atom. The maximum Gasteiger partial charge on any atom is 0.280 e. The summed E-state index contributed by atoms with van der Waals surface area (Å²) in [5.41, 5.74) is 0.267. The number of hydrogen-bond acceptors (Lipinski definition) is 6. The Morgan fingerprint density at radius 3 is 2.37 bits per heavy atom. The highest BCUT2D eigenvalue weighted by Gasteiger charge is 2.42. The van der Waals surface area contributed by atoms with E-state index in [1.54, 1.807) is 30.9 Å². The number of amides is 3. The molecule has 2 saturated carbocycles. The highest BCUT2D eigenvalue weighted by atomic mass is 19.1. The number of nitrogens with zero attached hydrogens (tertiary/aromatic N) is 2. The predicted molar refractivity (Wildman–Crippen MR) is 160 cm³/mol. The summed E-state index contributed by atoms with van der Waals surface area (Å²) >= 11 is 0. The molecule has 1 saturated heterocycles. The van der Waals surface area contributed by atoms with Gasteiger partial charge in [-0.15, -0.1) is 0 Å². The van der Waals surface area contributed by atoms with Crippen molar-refractivity contribution in [1.82, 2.24) is 20.3 Å². The Morgan fingerprint density at radius 2 is 1.79 bits per heavy atom. The number of rotatable bonds is 12.